The molecular formula is C19H25N5O. The van der Waals surface area contributed by atoms with E-state index in [1.165, 1.54) is 5.39 Å². The van der Waals surface area contributed by atoms with Gasteiger partial charge in [0.2, 0.25) is 0 Å². The minimum absolute atomic E-state index is 0.159. The molecule has 0 aliphatic carbocycles. The van der Waals surface area contributed by atoms with Gasteiger partial charge in [-0.05, 0) is 50.3 Å². The predicted molar refractivity (Wildman–Crippen MR) is 101 cm³/mol. The summed E-state index contributed by atoms with van der Waals surface area (Å²) in [4.78, 5) is 16.2. The third kappa shape index (κ3) is 4.21. The van der Waals surface area contributed by atoms with Crippen molar-refractivity contribution in [2.24, 2.45) is 0 Å². The highest BCUT2D eigenvalue weighted by molar-refractivity contribution is 5.92. The molecule has 2 aromatic heterocycles. The number of imidazole rings is 1. The third-order valence-corrected chi connectivity index (χ3v) is 4.41. The smallest absolute Gasteiger partial charge is 0.319 e. The Hall–Kier alpha value is -2.76. The molecule has 0 radical (unpaired) electrons. The summed E-state index contributed by atoms with van der Waals surface area (Å²) in [5.74, 6) is 1.03. The van der Waals surface area contributed by atoms with E-state index < -0.39 is 0 Å². The lowest BCUT2D eigenvalue weighted by atomic mass is 10.2. The van der Waals surface area contributed by atoms with Crippen LogP contribution in [0.1, 0.15) is 25.6 Å². The maximum absolute atomic E-state index is 12.0. The lowest BCUT2D eigenvalue weighted by molar-refractivity contribution is 0.252. The molecule has 6 heteroatoms. The minimum atomic E-state index is -0.159. The van der Waals surface area contributed by atoms with Crippen LogP contribution in [0.5, 0.6) is 0 Å². The van der Waals surface area contributed by atoms with E-state index in [1.807, 2.05) is 37.5 Å². The second-order valence-electron chi connectivity index (χ2n) is 6.13. The van der Waals surface area contributed by atoms with Crippen LogP contribution in [-0.4, -0.2) is 26.7 Å². The Morgan fingerprint density at radius 1 is 1.16 bits per heavy atom. The first-order chi connectivity index (χ1) is 12.2. The Balaban J connectivity index is 1.44. The van der Waals surface area contributed by atoms with Gasteiger partial charge in [0.1, 0.15) is 5.82 Å². The lowest BCUT2D eigenvalue weighted by Gasteiger charge is -2.09. The van der Waals surface area contributed by atoms with Crippen molar-refractivity contribution in [1.82, 2.24) is 19.4 Å². The van der Waals surface area contributed by atoms with Gasteiger partial charge in [-0.3, -0.25) is 0 Å². The van der Waals surface area contributed by atoms with Crippen molar-refractivity contribution < 1.29 is 4.79 Å². The van der Waals surface area contributed by atoms with Gasteiger partial charge in [0.15, 0.2) is 0 Å². The highest BCUT2D eigenvalue weighted by atomic mass is 16.2. The molecule has 2 N–H and O–H groups in total. The number of rotatable bonds is 7. The fourth-order valence-corrected chi connectivity index (χ4v) is 2.96. The number of hydrogen-bond acceptors (Lipinski definition) is 2. The zero-order valence-electron chi connectivity index (χ0n) is 14.8. The van der Waals surface area contributed by atoms with Crippen molar-refractivity contribution in [1.29, 1.82) is 0 Å². The van der Waals surface area contributed by atoms with Crippen LogP contribution < -0.4 is 10.6 Å². The summed E-state index contributed by atoms with van der Waals surface area (Å²) in [6, 6.07) is 7.91. The molecule has 6 nitrogen and oxygen atoms in total. The summed E-state index contributed by atoms with van der Waals surface area (Å²) < 4.78 is 4.29. The van der Waals surface area contributed by atoms with Crippen LogP contribution in [0.15, 0.2) is 42.9 Å². The van der Waals surface area contributed by atoms with Gasteiger partial charge in [-0.15, -0.1) is 0 Å². The monoisotopic (exact) mass is 339 g/mol. The fourth-order valence-electron chi connectivity index (χ4n) is 2.96. The van der Waals surface area contributed by atoms with Crippen molar-refractivity contribution in [3.63, 3.8) is 0 Å². The Morgan fingerprint density at radius 2 is 2.04 bits per heavy atom. The molecule has 0 unspecified atom stereocenters. The van der Waals surface area contributed by atoms with Crippen LogP contribution in [0.4, 0.5) is 10.5 Å². The van der Waals surface area contributed by atoms with E-state index >= 15 is 0 Å². The molecule has 0 saturated heterocycles. The second-order valence-corrected chi connectivity index (χ2v) is 6.13. The fraction of sp³-hybridized carbons (Fsp3) is 0.368. The average molecular weight is 339 g/mol. The number of carbonyl (C=O) groups excluding carboxylic acids is 1. The summed E-state index contributed by atoms with van der Waals surface area (Å²) in [5.41, 5.74) is 1.95. The first kappa shape index (κ1) is 17.1. The molecule has 0 spiro atoms. The zero-order chi connectivity index (χ0) is 17.6. The number of aryl methyl sites for hydroxylation is 3. The average Bonchev–Trinajstić information content (AvgIpc) is 3.20. The van der Waals surface area contributed by atoms with E-state index in [2.05, 4.69) is 43.9 Å². The molecule has 3 rings (SSSR count). The summed E-state index contributed by atoms with van der Waals surface area (Å²) in [6.07, 6.45) is 7.80. The molecule has 2 amide bonds. The zero-order valence-corrected chi connectivity index (χ0v) is 14.8. The normalized spacial score (nSPS) is 11.0. The van der Waals surface area contributed by atoms with Crippen molar-refractivity contribution in [3.05, 3.63) is 48.7 Å². The summed E-state index contributed by atoms with van der Waals surface area (Å²) >= 11 is 0. The number of urea groups is 1. The van der Waals surface area contributed by atoms with Crippen LogP contribution in [0.25, 0.3) is 10.9 Å². The van der Waals surface area contributed by atoms with Crippen LogP contribution >= 0.6 is 0 Å². The van der Waals surface area contributed by atoms with E-state index in [0.717, 1.165) is 43.0 Å². The molecule has 0 fully saturated rings. The summed E-state index contributed by atoms with van der Waals surface area (Å²) in [7, 11) is 0. The molecule has 0 bridgehead atoms. The summed E-state index contributed by atoms with van der Waals surface area (Å²) in [5, 5.41) is 7.01. The number of fused-ring (bicyclic) bond motifs is 1. The van der Waals surface area contributed by atoms with Crippen LogP contribution in [0, 0.1) is 6.92 Å². The Kier molecular flexibility index (Phi) is 5.38. The van der Waals surface area contributed by atoms with Crippen LogP contribution in [0.3, 0.4) is 0 Å². The van der Waals surface area contributed by atoms with Gasteiger partial charge >= 0.3 is 6.03 Å². The molecule has 0 atom stereocenters. The SMILES string of the molecule is CCn1ccc2ccc(NC(=O)NCCCCn3ccnc3C)cc21. The predicted octanol–water partition coefficient (Wildman–Crippen LogP) is 3.77. The van der Waals surface area contributed by atoms with E-state index in [-0.39, 0.29) is 6.03 Å². The highest BCUT2D eigenvalue weighted by Gasteiger charge is 2.05. The number of anilines is 1. The second kappa shape index (κ2) is 7.88. The van der Waals surface area contributed by atoms with Crippen molar-refractivity contribution in [3.8, 4) is 0 Å². The molecular weight excluding hydrogens is 314 g/mol. The lowest BCUT2D eigenvalue weighted by Crippen LogP contribution is -2.29. The highest BCUT2D eigenvalue weighted by Crippen LogP contribution is 2.20. The topological polar surface area (TPSA) is 63.9 Å². The number of hydrogen-bond donors (Lipinski definition) is 2. The van der Waals surface area contributed by atoms with E-state index in [4.69, 9.17) is 0 Å². The van der Waals surface area contributed by atoms with E-state index in [0.29, 0.717) is 6.54 Å². The van der Waals surface area contributed by atoms with Crippen LogP contribution in [0.2, 0.25) is 0 Å². The van der Waals surface area contributed by atoms with Gasteiger partial charge in [-0.2, -0.15) is 0 Å². The number of aromatic nitrogens is 3. The molecule has 0 aliphatic heterocycles. The molecule has 3 aromatic rings. The molecule has 25 heavy (non-hydrogen) atoms. The van der Waals surface area contributed by atoms with Gasteiger partial charge < -0.3 is 19.8 Å². The van der Waals surface area contributed by atoms with Crippen LogP contribution in [-0.2, 0) is 13.1 Å². The Labute approximate surface area is 147 Å². The minimum Gasteiger partial charge on any atom is -0.348 e. The van der Waals surface area contributed by atoms with Gasteiger partial charge in [-0.1, -0.05) is 6.07 Å². The first-order valence-electron chi connectivity index (χ1n) is 8.79. The van der Waals surface area contributed by atoms with Gasteiger partial charge in [0, 0.05) is 43.9 Å². The number of unbranched alkanes of at least 4 members (excludes halogenated alkanes) is 1. The molecule has 132 valence electrons. The van der Waals surface area contributed by atoms with Crippen molar-refractivity contribution in [2.45, 2.75) is 39.8 Å². The van der Waals surface area contributed by atoms with Gasteiger partial charge in [0.25, 0.3) is 0 Å². The largest absolute Gasteiger partial charge is 0.348 e. The number of nitrogens with one attached hydrogen (secondary N) is 2. The molecule has 1 aromatic carbocycles. The standard InChI is InChI=1S/C19H25N5O/c1-3-23-12-8-16-6-7-17(14-18(16)23)22-19(25)21-9-4-5-11-24-13-10-20-15(24)2/h6-8,10,12-14H,3-5,9,11H2,1-2H3,(H2,21,22,25). The number of benzene rings is 1. The molecule has 2 heterocycles. The maximum Gasteiger partial charge on any atom is 0.319 e. The maximum atomic E-state index is 12.0. The van der Waals surface area contributed by atoms with Gasteiger partial charge in [-0.25, -0.2) is 9.78 Å². The summed E-state index contributed by atoms with van der Waals surface area (Å²) in [6.45, 7) is 6.61. The Morgan fingerprint density at radius 3 is 2.80 bits per heavy atom. The van der Waals surface area contributed by atoms with E-state index in [9.17, 15) is 4.79 Å². The quantitative estimate of drug-likeness (QED) is 0.644. The van der Waals surface area contributed by atoms with Crippen molar-refractivity contribution in [2.75, 3.05) is 11.9 Å². The molecule has 0 aliphatic rings. The Bertz CT molecular complexity index is 848. The first-order valence-corrected chi connectivity index (χ1v) is 8.79. The molecule has 0 saturated carbocycles. The number of nitrogens with zero attached hydrogens (tertiary/aromatic N) is 3. The van der Waals surface area contributed by atoms with Gasteiger partial charge in [0.05, 0.1) is 5.52 Å². The van der Waals surface area contributed by atoms with Crippen molar-refractivity contribution >= 4 is 22.6 Å². The number of amides is 2. The van der Waals surface area contributed by atoms with E-state index in [1.54, 1.807) is 0 Å². The number of carbonyl (C=O) groups is 1. The third-order valence-electron chi connectivity index (χ3n) is 4.41.